The third-order valence-corrected chi connectivity index (χ3v) is 10.8. The fourth-order valence-corrected chi connectivity index (χ4v) is 8.02. The van der Waals surface area contributed by atoms with Crippen molar-refractivity contribution < 1.29 is 23.9 Å². The molecule has 0 saturated carbocycles. The highest BCUT2D eigenvalue weighted by molar-refractivity contribution is 7.99. The van der Waals surface area contributed by atoms with Gasteiger partial charge in [0.25, 0.3) is 5.91 Å². The Labute approximate surface area is 306 Å². The van der Waals surface area contributed by atoms with Crippen LogP contribution in [0.25, 0.3) is 0 Å². The lowest BCUT2D eigenvalue weighted by Gasteiger charge is -2.37. The summed E-state index contributed by atoms with van der Waals surface area (Å²) in [6.07, 6.45) is 9.12. The second-order valence-electron chi connectivity index (χ2n) is 13.9. The number of unbranched alkanes of at least 4 members (excludes halogenated alkanes) is 2. The van der Waals surface area contributed by atoms with E-state index in [9.17, 15) is 14.4 Å². The van der Waals surface area contributed by atoms with E-state index in [1.807, 2.05) is 24.1 Å². The van der Waals surface area contributed by atoms with Crippen LogP contribution in [0.1, 0.15) is 84.7 Å². The van der Waals surface area contributed by atoms with Gasteiger partial charge in [-0.25, -0.2) is 0 Å². The molecule has 0 aromatic heterocycles. The van der Waals surface area contributed by atoms with Crippen molar-refractivity contribution in [2.24, 2.45) is 5.41 Å². The van der Waals surface area contributed by atoms with Gasteiger partial charge in [-0.15, -0.1) is 23.5 Å². The van der Waals surface area contributed by atoms with Crippen LogP contribution in [-0.2, 0) is 19.1 Å². The summed E-state index contributed by atoms with van der Waals surface area (Å²) in [6.45, 7) is 10.2. The Morgan fingerprint density at radius 3 is 2.20 bits per heavy atom. The van der Waals surface area contributed by atoms with Crippen molar-refractivity contribution in [2.45, 2.75) is 94.6 Å². The summed E-state index contributed by atoms with van der Waals surface area (Å²) >= 11 is 3.46. The average molecular weight is 720 g/mol. The van der Waals surface area contributed by atoms with Crippen LogP contribution in [0.2, 0.25) is 0 Å². The second kappa shape index (κ2) is 18.6. The zero-order chi connectivity index (χ0) is 36.1. The Morgan fingerprint density at radius 1 is 0.960 bits per heavy atom. The highest BCUT2D eigenvalue weighted by Gasteiger charge is 2.36. The molecule has 1 heterocycles. The smallest absolute Gasteiger partial charge is 0.325 e. The maximum Gasteiger partial charge on any atom is 0.325 e. The number of para-hydroxylation sites is 1. The van der Waals surface area contributed by atoms with Gasteiger partial charge >= 0.3 is 5.97 Å². The van der Waals surface area contributed by atoms with Gasteiger partial charge in [0.15, 0.2) is 6.61 Å². The van der Waals surface area contributed by atoms with E-state index in [1.54, 1.807) is 56.8 Å². The number of esters is 1. The van der Waals surface area contributed by atoms with E-state index in [0.29, 0.717) is 11.3 Å². The lowest BCUT2D eigenvalue weighted by molar-refractivity contribution is -0.154. The fourth-order valence-electron chi connectivity index (χ4n) is 6.13. The summed E-state index contributed by atoms with van der Waals surface area (Å²) in [5, 5.41) is 5.43. The number of amides is 2. The zero-order valence-corrected chi connectivity index (χ0v) is 32.0. The van der Waals surface area contributed by atoms with Gasteiger partial charge in [-0.3, -0.25) is 14.4 Å². The molecule has 10 heteroatoms. The molecule has 3 aromatic rings. The minimum atomic E-state index is -1.02. The number of rotatable bonds is 16. The predicted molar refractivity (Wildman–Crippen MR) is 206 cm³/mol. The van der Waals surface area contributed by atoms with Gasteiger partial charge in [0.2, 0.25) is 5.91 Å². The fraction of sp³-hybridized carbons (Fsp3) is 0.475. The molecular weight excluding hydrogens is 667 g/mol. The van der Waals surface area contributed by atoms with Crippen molar-refractivity contribution >= 4 is 52.7 Å². The van der Waals surface area contributed by atoms with Gasteiger partial charge in [0.1, 0.15) is 23.9 Å². The molecule has 0 radical (unpaired) electrons. The van der Waals surface area contributed by atoms with E-state index < -0.39 is 29.4 Å². The number of fused-ring (bicyclic) bond motifs is 1. The standard InChI is InChI=1S/C40H53N3O5S2/c1-7-9-21-40(22-10-8-2)27-43(30-19-15-12-16-20-30)31-23-34(49-6)32(24-33(31)50-28-40)47-26-35(44)42-37(29-17-13-11-14-18-29)38(46)41-25-36(45)48-39(3,4)5/h11-20,23-24,37H,7-10,21-22,25-28H2,1-6H3,(H,41,46)(H,42,44). The predicted octanol–water partition coefficient (Wildman–Crippen LogP) is 8.71. The molecule has 8 nitrogen and oxygen atoms in total. The van der Waals surface area contributed by atoms with Gasteiger partial charge < -0.3 is 25.0 Å². The number of nitrogens with zero attached hydrogens (tertiary/aromatic N) is 1. The molecule has 1 aliphatic heterocycles. The molecule has 2 amide bonds. The molecule has 1 unspecified atom stereocenters. The third kappa shape index (κ3) is 11.2. The topological polar surface area (TPSA) is 97.0 Å². The summed E-state index contributed by atoms with van der Waals surface area (Å²) in [4.78, 5) is 43.4. The molecule has 0 aliphatic carbocycles. The zero-order valence-electron chi connectivity index (χ0n) is 30.4. The van der Waals surface area contributed by atoms with Crippen LogP contribution in [0.5, 0.6) is 5.75 Å². The molecule has 0 bridgehead atoms. The van der Waals surface area contributed by atoms with E-state index in [0.717, 1.165) is 27.8 Å². The second-order valence-corrected chi connectivity index (χ2v) is 15.8. The van der Waals surface area contributed by atoms with E-state index in [-0.39, 0.29) is 18.6 Å². The maximum atomic E-state index is 13.4. The van der Waals surface area contributed by atoms with Crippen molar-refractivity contribution in [3.63, 3.8) is 0 Å². The molecule has 4 rings (SSSR count). The van der Waals surface area contributed by atoms with Crippen molar-refractivity contribution in [3.05, 3.63) is 78.4 Å². The molecule has 3 aromatic carbocycles. The average Bonchev–Trinajstić information content (AvgIpc) is 3.26. The van der Waals surface area contributed by atoms with Crippen molar-refractivity contribution in [2.75, 3.05) is 36.6 Å². The van der Waals surface area contributed by atoms with Gasteiger partial charge in [-0.1, -0.05) is 88.1 Å². The van der Waals surface area contributed by atoms with Crippen molar-refractivity contribution in [1.29, 1.82) is 0 Å². The summed E-state index contributed by atoms with van der Waals surface area (Å²) in [5.41, 5.74) is 2.41. The lowest BCUT2D eigenvalue weighted by atomic mass is 9.79. The minimum absolute atomic E-state index is 0.169. The van der Waals surface area contributed by atoms with Gasteiger partial charge in [0, 0.05) is 22.9 Å². The molecule has 0 fully saturated rings. The van der Waals surface area contributed by atoms with E-state index in [1.165, 1.54) is 44.2 Å². The number of anilines is 2. The van der Waals surface area contributed by atoms with Crippen LogP contribution in [0.4, 0.5) is 11.4 Å². The maximum absolute atomic E-state index is 13.4. The summed E-state index contributed by atoms with van der Waals surface area (Å²) in [6, 6.07) is 22.8. The first-order chi connectivity index (χ1) is 24.0. The first-order valence-electron chi connectivity index (χ1n) is 17.6. The van der Waals surface area contributed by atoms with Crippen LogP contribution in [0.15, 0.2) is 82.6 Å². The Balaban J connectivity index is 1.55. The summed E-state index contributed by atoms with van der Waals surface area (Å²) in [5.74, 6) is 0.116. The molecule has 0 saturated heterocycles. The Bertz CT molecular complexity index is 1550. The van der Waals surface area contributed by atoms with E-state index in [2.05, 4.69) is 71.8 Å². The number of ether oxygens (including phenoxy) is 2. The van der Waals surface area contributed by atoms with Crippen molar-refractivity contribution in [3.8, 4) is 5.75 Å². The van der Waals surface area contributed by atoms with Crippen LogP contribution in [0.3, 0.4) is 0 Å². The number of hydrogen-bond acceptors (Lipinski definition) is 8. The quantitative estimate of drug-likeness (QED) is 0.112. The Hall–Kier alpha value is -3.63. The van der Waals surface area contributed by atoms with E-state index in [4.69, 9.17) is 9.47 Å². The number of carbonyl (C=O) groups excluding carboxylic acids is 3. The number of hydrogen-bond donors (Lipinski definition) is 2. The molecule has 1 atom stereocenters. The highest BCUT2D eigenvalue weighted by Crippen LogP contribution is 2.50. The first kappa shape index (κ1) is 39.2. The Morgan fingerprint density at radius 2 is 1.60 bits per heavy atom. The monoisotopic (exact) mass is 719 g/mol. The largest absolute Gasteiger partial charge is 0.483 e. The molecule has 270 valence electrons. The summed E-state index contributed by atoms with van der Waals surface area (Å²) < 4.78 is 11.5. The van der Waals surface area contributed by atoms with Crippen LogP contribution >= 0.6 is 23.5 Å². The lowest BCUT2D eigenvalue weighted by Crippen LogP contribution is -2.44. The number of benzene rings is 3. The van der Waals surface area contributed by atoms with Crippen LogP contribution < -0.4 is 20.3 Å². The van der Waals surface area contributed by atoms with Crippen molar-refractivity contribution in [1.82, 2.24) is 10.6 Å². The van der Waals surface area contributed by atoms with E-state index >= 15 is 0 Å². The first-order valence-corrected chi connectivity index (χ1v) is 19.8. The molecule has 2 N–H and O–H groups in total. The highest BCUT2D eigenvalue weighted by atomic mass is 32.2. The minimum Gasteiger partial charge on any atom is -0.483 e. The molecule has 0 spiro atoms. The number of carbonyl (C=O) groups is 3. The summed E-state index contributed by atoms with van der Waals surface area (Å²) in [7, 11) is 0. The third-order valence-electron chi connectivity index (χ3n) is 8.64. The van der Waals surface area contributed by atoms with Gasteiger partial charge in [0.05, 0.1) is 10.6 Å². The van der Waals surface area contributed by atoms with Gasteiger partial charge in [-0.2, -0.15) is 0 Å². The number of nitrogens with one attached hydrogen (secondary N) is 2. The SMILES string of the molecule is CCCCC1(CCCC)CSc2cc(OCC(=O)NC(C(=O)NCC(=O)OC(C)(C)C)c3ccccc3)c(SC)cc2N(c2ccccc2)C1. The molecular formula is C40H53N3O5S2. The Kier molecular flexibility index (Phi) is 14.5. The molecule has 50 heavy (non-hydrogen) atoms. The van der Waals surface area contributed by atoms with Gasteiger partial charge in [-0.05, 0) is 75.1 Å². The van der Waals surface area contributed by atoms with Crippen LogP contribution in [0, 0.1) is 5.41 Å². The number of thioether (sulfide) groups is 2. The molecule has 1 aliphatic rings. The van der Waals surface area contributed by atoms with Crippen LogP contribution in [-0.4, -0.2) is 55.1 Å². The normalized spacial score (nSPS) is 14.6.